The van der Waals surface area contributed by atoms with Gasteiger partial charge in [0.05, 0.1) is 19.1 Å². The molecule has 5 rings (SSSR count). The molecule has 1 aliphatic carbocycles. The van der Waals surface area contributed by atoms with E-state index in [1.165, 1.54) is 7.11 Å². The number of pyridine rings is 1. The Hall–Kier alpha value is -4.68. The van der Waals surface area contributed by atoms with Crippen molar-refractivity contribution < 1.29 is 38.2 Å². The maximum atomic E-state index is 13.8. The first-order chi connectivity index (χ1) is 24.2. The first-order valence-electron chi connectivity index (χ1n) is 17.7. The van der Waals surface area contributed by atoms with Gasteiger partial charge in [-0.2, -0.15) is 0 Å². The van der Waals surface area contributed by atoms with Crippen molar-refractivity contribution in [3.05, 3.63) is 53.9 Å². The molecule has 1 aromatic heterocycles. The van der Waals surface area contributed by atoms with Crippen LogP contribution in [0.4, 0.5) is 0 Å². The third kappa shape index (κ3) is 9.72. The van der Waals surface area contributed by atoms with E-state index in [4.69, 9.17) is 14.2 Å². The van der Waals surface area contributed by atoms with E-state index in [2.05, 4.69) is 15.6 Å². The van der Waals surface area contributed by atoms with Crippen LogP contribution in [0.25, 0.3) is 0 Å². The highest BCUT2D eigenvalue weighted by Gasteiger charge is 2.45. The number of hydrogen-bond donors (Lipinski definition) is 2. The number of carbonyl (C=O) groups excluding carboxylic acids is 5. The molecule has 13 nitrogen and oxygen atoms in total. The predicted octanol–water partition coefficient (Wildman–Crippen LogP) is 2.77. The number of nitrogens with zero attached hydrogens (tertiary/aromatic N) is 3. The second-order valence-corrected chi connectivity index (χ2v) is 13.5. The Balaban J connectivity index is 1.30. The van der Waals surface area contributed by atoms with Gasteiger partial charge in [-0.3, -0.25) is 29.0 Å². The van der Waals surface area contributed by atoms with Gasteiger partial charge in [-0.1, -0.05) is 18.9 Å². The number of likely N-dealkylation sites (tertiary alicyclic amines) is 1. The standard InChI is InChI=1S/C37H49N5O8/c1-3-49-36(47)37(22-26-6-7-26)23-27-8-9-30(48-2)31(21-27)50-24-33(44)39-16-20-41(17-4-5-32(43)40-25-37)35(46)29-12-18-42(19-13-29)34(45)28-10-14-38-15-11-28/h8-11,14-15,21,26,29H,3-7,12-13,16-20,22-25H2,1-2H3,(H,39,44)(H,40,43). The van der Waals surface area contributed by atoms with Gasteiger partial charge in [-0.25, -0.2) is 0 Å². The SMILES string of the molecule is CCOC(=O)C1(CC2CC2)CNC(=O)CCCN(C(=O)C2CCN(C(=O)c3ccncc3)CC2)CCNC(=O)COc2cc(ccc2OC)C1. The van der Waals surface area contributed by atoms with Gasteiger partial charge in [0.2, 0.25) is 11.8 Å². The summed E-state index contributed by atoms with van der Waals surface area (Å²) in [5, 5.41) is 5.87. The van der Waals surface area contributed by atoms with Gasteiger partial charge in [0.15, 0.2) is 18.1 Å². The van der Waals surface area contributed by atoms with E-state index in [0.29, 0.717) is 74.7 Å². The minimum atomic E-state index is -0.989. The smallest absolute Gasteiger partial charge is 0.314 e. The molecule has 3 heterocycles. The summed E-state index contributed by atoms with van der Waals surface area (Å²) in [6.07, 6.45) is 7.70. The number of piperidine rings is 1. The molecule has 50 heavy (non-hydrogen) atoms. The lowest BCUT2D eigenvalue weighted by atomic mass is 9.76. The van der Waals surface area contributed by atoms with Gasteiger partial charge < -0.3 is 34.6 Å². The number of esters is 1. The van der Waals surface area contributed by atoms with Crippen molar-refractivity contribution >= 4 is 29.6 Å². The molecule has 270 valence electrons. The number of ether oxygens (including phenoxy) is 3. The van der Waals surface area contributed by atoms with Crippen molar-refractivity contribution in [2.75, 3.05) is 59.6 Å². The number of fused-ring (bicyclic) bond motifs is 2. The Bertz CT molecular complexity index is 1510. The van der Waals surface area contributed by atoms with Crippen LogP contribution in [0, 0.1) is 17.3 Å². The first kappa shape index (κ1) is 36.6. The molecule has 1 aromatic carbocycles. The van der Waals surface area contributed by atoms with E-state index in [-0.39, 0.29) is 74.8 Å². The molecule has 13 heteroatoms. The van der Waals surface area contributed by atoms with Crippen molar-refractivity contribution in [1.29, 1.82) is 0 Å². The largest absolute Gasteiger partial charge is 0.493 e. The zero-order chi connectivity index (χ0) is 35.5. The highest BCUT2D eigenvalue weighted by Crippen LogP contribution is 2.43. The van der Waals surface area contributed by atoms with Gasteiger partial charge in [-0.05, 0) is 74.8 Å². The molecule has 2 bridgehead atoms. The van der Waals surface area contributed by atoms with Gasteiger partial charge in [0, 0.05) is 69.6 Å². The molecule has 4 amide bonds. The number of hydrogen-bond acceptors (Lipinski definition) is 9. The van der Waals surface area contributed by atoms with E-state index < -0.39 is 5.41 Å². The van der Waals surface area contributed by atoms with Crippen molar-refractivity contribution in [2.45, 2.75) is 58.3 Å². The number of carbonyl (C=O) groups is 5. The number of rotatable bonds is 7. The molecule has 0 spiro atoms. The van der Waals surface area contributed by atoms with E-state index in [0.717, 1.165) is 18.4 Å². The fraction of sp³-hybridized carbons (Fsp3) is 0.568. The summed E-state index contributed by atoms with van der Waals surface area (Å²) in [7, 11) is 1.51. The topological polar surface area (TPSA) is 156 Å². The van der Waals surface area contributed by atoms with Crippen LogP contribution in [0.1, 0.15) is 67.8 Å². The van der Waals surface area contributed by atoms with Crippen LogP contribution in [0.15, 0.2) is 42.7 Å². The molecular formula is C37H49N5O8. The molecular weight excluding hydrogens is 642 g/mol. The van der Waals surface area contributed by atoms with Crippen LogP contribution in [0.5, 0.6) is 11.5 Å². The minimum Gasteiger partial charge on any atom is -0.493 e. The van der Waals surface area contributed by atoms with E-state index >= 15 is 0 Å². The Labute approximate surface area is 293 Å². The van der Waals surface area contributed by atoms with Crippen LogP contribution in [-0.2, 0) is 30.3 Å². The van der Waals surface area contributed by atoms with Crippen molar-refractivity contribution in [1.82, 2.24) is 25.4 Å². The van der Waals surface area contributed by atoms with Crippen molar-refractivity contribution in [3.63, 3.8) is 0 Å². The first-order valence-corrected chi connectivity index (χ1v) is 17.7. The summed E-state index contributed by atoms with van der Waals surface area (Å²) in [6.45, 7) is 3.53. The lowest BCUT2D eigenvalue weighted by Gasteiger charge is -2.34. The van der Waals surface area contributed by atoms with Gasteiger partial charge in [0.1, 0.15) is 0 Å². The molecule has 1 unspecified atom stereocenters. The van der Waals surface area contributed by atoms with E-state index in [9.17, 15) is 24.0 Å². The quantitative estimate of drug-likeness (QED) is 0.417. The lowest BCUT2D eigenvalue weighted by Crippen LogP contribution is -2.47. The Morgan fingerprint density at radius 2 is 1.72 bits per heavy atom. The lowest BCUT2D eigenvalue weighted by molar-refractivity contribution is -0.156. The average molecular weight is 692 g/mol. The molecule has 2 fully saturated rings. The maximum absolute atomic E-state index is 13.8. The third-order valence-electron chi connectivity index (χ3n) is 9.74. The fourth-order valence-corrected chi connectivity index (χ4v) is 6.84. The van der Waals surface area contributed by atoms with Crippen LogP contribution in [0.2, 0.25) is 0 Å². The average Bonchev–Trinajstić information content (AvgIpc) is 3.96. The highest BCUT2D eigenvalue weighted by atomic mass is 16.5. The molecule has 2 aliphatic heterocycles. The zero-order valence-electron chi connectivity index (χ0n) is 29.1. The van der Waals surface area contributed by atoms with E-state index in [1.54, 1.807) is 53.4 Å². The van der Waals surface area contributed by atoms with Crippen molar-refractivity contribution in [3.8, 4) is 11.5 Å². The molecule has 1 atom stereocenters. The number of nitrogens with one attached hydrogen (secondary N) is 2. The van der Waals surface area contributed by atoms with Crippen molar-refractivity contribution in [2.24, 2.45) is 17.3 Å². The molecule has 2 aromatic rings. The summed E-state index contributed by atoms with van der Waals surface area (Å²) in [5.41, 5.74) is 0.373. The number of methoxy groups -OCH3 is 1. The molecule has 2 N–H and O–H groups in total. The van der Waals surface area contributed by atoms with Gasteiger partial charge in [-0.15, -0.1) is 0 Å². The Morgan fingerprint density at radius 3 is 2.42 bits per heavy atom. The minimum absolute atomic E-state index is 0.0615. The number of amides is 4. The normalized spacial score (nSPS) is 21.5. The molecule has 1 saturated carbocycles. The maximum Gasteiger partial charge on any atom is 0.314 e. The zero-order valence-corrected chi connectivity index (χ0v) is 29.1. The summed E-state index contributed by atoms with van der Waals surface area (Å²) < 4.78 is 17.0. The second kappa shape index (κ2) is 17.3. The highest BCUT2D eigenvalue weighted by molar-refractivity contribution is 5.94. The summed E-state index contributed by atoms with van der Waals surface area (Å²) in [6, 6.07) is 8.74. The molecule has 1 saturated heterocycles. The monoisotopic (exact) mass is 691 g/mol. The number of benzene rings is 1. The predicted molar refractivity (Wildman–Crippen MR) is 183 cm³/mol. The Morgan fingerprint density at radius 1 is 0.960 bits per heavy atom. The summed E-state index contributed by atoms with van der Waals surface area (Å²) >= 11 is 0. The summed E-state index contributed by atoms with van der Waals surface area (Å²) in [4.78, 5) is 73.9. The molecule has 0 radical (unpaired) electrons. The van der Waals surface area contributed by atoms with Gasteiger partial charge >= 0.3 is 5.97 Å². The van der Waals surface area contributed by atoms with Crippen LogP contribution in [-0.4, -0.2) is 104 Å². The summed E-state index contributed by atoms with van der Waals surface area (Å²) in [5.74, 6) is -0.182. The van der Waals surface area contributed by atoms with Crippen LogP contribution < -0.4 is 20.1 Å². The molecule has 3 aliphatic rings. The van der Waals surface area contributed by atoms with Gasteiger partial charge in [0.25, 0.3) is 11.8 Å². The fourth-order valence-electron chi connectivity index (χ4n) is 6.84. The van der Waals surface area contributed by atoms with Crippen LogP contribution >= 0.6 is 0 Å². The van der Waals surface area contributed by atoms with Crippen LogP contribution in [0.3, 0.4) is 0 Å². The number of aromatic nitrogens is 1. The second-order valence-electron chi connectivity index (χ2n) is 13.5. The third-order valence-corrected chi connectivity index (χ3v) is 9.74. The Kier molecular flexibility index (Phi) is 12.7. The van der Waals surface area contributed by atoms with E-state index in [1.807, 2.05) is 6.07 Å².